The lowest BCUT2D eigenvalue weighted by atomic mass is 9.87. The molecule has 0 aliphatic rings. The summed E-state index contributed by atoms with van der Waals surface area (Å²) in [5.41, 5.74) is 19.4. The number of carbonyl (C=O) groups is 2. The van der Waals surface area contributed by atoms with E-state index in [2.05, 4.69) is 31.1 Å². The quantitative estimate of drug-likeness (QED) is 0.0634. The van der Waals surface area contributed by atoms with Crippen molar-refractivity contribution in [2.45, 2.75) is 57.8 Å². The van der Waals surface area contributed by atoms with E-state index in [0.717, 1.165) is 12.1 Å². The molecule has 4 aromatic carbocycles. The number of benzene rings is 4. The summed E-state index contributed by atoms with van der Waals surface area (Å²) in [4.78, 5) is 35.0. The molecule has 0 fully saturated rings. The number of nitrogens with two attached hydrogens (primary N) is 3. The van der Waals surface area contributed by atoms with E-state index in [9.17, 15) is 22.8 Å². The molecule has 0 radical (unpaired) electrons. The molecule has 266 valence electrons. The number of hydrogen-bond acceptors (Lipinski definition) is 5. The summed E-state index contributed by atoms with van der Waals surface area (Å²) < 4.78 is 47.5. The second-order valence-corrected chi connectivity index (χ2v) is 13.2. The van der Waals surface area contributed by atoms with Gasteiger partial charge < -0.3 is 31.8 Å². The van der Waals surface area contributed by atoms with Crippen LogP contribution in [0.15, 0.2) is 96.0 Å². The van der Waals surface area contributed by atoms with Crippen LogP contribution in [0.1, 0.15) is 66.7 Å². The lowest BCUT2D eigenvalue weighted by molar-refractivity contribution is -0.137. The van der Waals surface area contributed by atoms with Gasteiger partial charge in [0.2, 0.25) is 5.91 Å². The van der Waals surface area contributed by atoms with E-state index >= 15 is 0 Å². The fraction of sp³-hybridized carbons (Fsp3) is 0.263. The van der Waals surface area contributed by atoms with Crippen LogP contribution in [0.2, 0.25) is 0 Å². The second-order valence-electron chi connectivity index (χ2n) is 13.2. The standard InChI is InChI=1S/C38H40F3N7O3/c1-37(2,3)26-13-15-28(16-14-26)51-29-10-5-8-24(20-29)34-47-30-21-25(35(50)46-22-23-7-4-9-27(19-23)38(39,40)41)12-17-31(30)48(34)32(33(42)49)11-6-18-45-36(43)44/h4-5,7-10,12-17,19-21,32H,6,11,18,22H2,1-3H3,(H2,42,49)(H,46,50)(H4,43,44,45)/t32-/m1/s1. The molecule has 1 aromatic heterocycles. The number of rotatable bonds is 12. The van der Waals surface area contributed by atoms with E-state index in [1.807, 2.05) is 42.5 Å². The largest absolute Gasteiger partial charge is 0.457 e. The Morgan fingerprint density at radius 2 is 1.61 bits per heavy atom. The molecule has 0 saturated carbocycles. The van der Waals surface area contributed by atoms with Gasteiger partial charge in [-0.15, -0.1) is 0 Å². The van der Waals surface area contributed by atoms with Gasteiger partial charge in [-0.1, -0.05) is 57.2 Å². The molecule has 51 heavy (non-hydrogen) atoms. The molecule has 0 spiro atoms. The molecule has 0 saturated heterocycles. The molecule has 10 nitrogen and oxygen atoms in total. The van der Waals surface area contributed by atoms with E-state index < -0.39 is 29.6 Å². The molecule has 0 unspecified atom stereocenters. The number of nitrogens with one attached hydrogen (secondary N) is 1. The van der Waals surface area contributed by atoms with Crippen LogP contribution < -0.4 is 27.3 Å². The van der Waals surface area contributed by atoms with Crippen molar-refractivity contribution >= 4 is 28.8 Å². The number of ether oxygens (including phenoxy) is 1. The highest BCUT2D eigenvalue weighted by Gasteiger charge is 2.30. The Morgan fingerprint density at radius 1 is 0.882 bits per heavy atom. The first-order valence-electron chi connectivity index (χ1n) is 16.3. The molecule has 5 aromatic rings. The Hall–Kier alpha value is -5.85. The van der Waals surface area contributed by atoms with Gasteiger partial charge >= 0.3 is 6.18 Å². The average molecular weight is 700 g/mol. The van der Waals surface area contributed by atoms with Crippen LogP contribution in [-0.2, 0) is 22.9 Å². The molecular formula is C38H40F3N7O3. The molecular weight excluding hydrogens is 659 g/mol. The smallest absolute Gasteiger partial charge is 0.416 e. The summed E-state index contributed by atoms with van der Waals surface area (Å²) in [6, 6.07) is 23.8. The van der Waals surface area contributed by atoms with E-state index in [4.69, 9.17) is 26.9 Å². The highest BCUT2D eigenvalue weighted by molar-refractivity contribution is 5.98. The van der Waals surface area contributed by atoms with Crippen LogP contribution in [0.5, 0.6) is 11.5 Å². The summed E-state index contributed by atoms with van der Waals surface area (Å²) in [6.45, 7) is 6.56. The number of primary amides is 1. The minimum absolute atomic E-state index is 0.0130. The molecule has 0 aliphatic heterocycles. The maximum atomic E-state index is 13.2. The molecule has 13 heteroatoms. The van der Waals surface area contributed by atoms with Crippen LogP contribution in [0.3, 0.4) is 0 Å². The third-order valence-corrected chi connectivity index (χ3v) is 8.28. The fourth-order valence-electron chi connectivity index (χ4n) is 5.65. The van der Waals surface area contributed by atoms with Gasteiger partial charge in [-0.05, 0) is 84.0 Å². The number of alkyl halides is 3. The Balaban J connectivity index is 1.49. The number of nitrogens with zero attached hydrogens (tertiary/aromatic N) is 3. The van der Waals surface area contributed by atoms with Crippen molar-refractivity contribution in [1.82, 2.24) is 14.9 Å². The average Bonchev–Trinajstić information content (AvgIpc) is 3.45. The summed E-state index contributed by atoms with van der Waals surface area (Å²) in [6.07, 6.45) is -3.77. The second kappa shape index (κ2) is 15.0. The van der Waals surface area contributed by atoms with E-state index in [-0.39, 0.29) is 30.0 Å². The van der Waals surface area contributed by atoms with Crippen molar-refractivity contribution in [2.75, 3.05) is 6.54 Å². The van der Waals surface area contributed by atoms with Crippen molar-refractivity contribution in [1.29, 1.82) is 0 Å². The minimum atomic E-state index is -4.50. The normalized spacial score (nSPS) is 12.4. The number of imidazole rings is 1. The van der Waals surface area contributed by atoms with Crippen molar-refractivity contribution in [3.05, 3.63) is 113 Å². The van der Waals surface area contributed by atoms with Crippen molar-refractivity contribution < 1.29 is 27.5 Å². The Labute approximate surface area is 293 Å². The number of halogens is 3. The van der Waals surface area contributed by atoms with Gasteiger partial charge in [0.15, 0.2) is 5.96 Å². The van der Waals surface area contributed by atoms with Crippen LogP contribution in [0, 0.1) is 0 Å². The first-order valence-corrected chi connectivity index (χ1v) is 16.3. The molecule has 1 heterocycles. The zero-order valence-corrected chi connectivity index (χ0v) is 28.5. The van der Waals surface area contributed by atoms with Gasteiger partial charge in [0.25, 0.3) is 5.91 Å². The van der Waals surface area contributed by atoms with Crippen LogP contribution in [0.4, 0.5) is 13.2 Å². The zero-order chi connectivity index (χ0) is 36.9. The highest BCUT2D eigenvalue weighted by Crippen LogP contribution is 2.34. The van der Waals surface area contributed by atoms with E-state index in [1.54, 1.807) is 28.8 Å². The maximum absolute atomic E-state index is 13.2. The predicted octanol–water partition coefficient (Wildman–Crippen LogP) is 6.82. The summed E-state index contributed by atoms with van der Waals surface area (Å²) >= 11 is 0. The molecule has 1 atom stereocenters. The van der Waals surface area contributed by atoms with Gasteiger partial charge in [0.05, 0.1) is 16.6 Å². The van der Waals surface area contributed by atoms with Crippen LogP contribution in [0.25, 0.3) is 22.4 Å². The summed E-state index contributed by atoms with van der Waals surface area (Å²) in [5, 5.41) is 2.67. The molecule has 2 amide bonds. The Kier molecular flexibility index (Phi) is 10.7. The SMILES string of the molecule is CC(C)(C)c1ccc(Oc2cccc(-c3nc4cc(C(=O)NCc5cccc(C(F)(F)F)c5)ccc4n3[C@H](CCCN=C(N)N)C(N)=O)c2)cc1. The number of fused-ring (bicyclic) bond motifs is 1. The van der Waals surface area contributed by atoms with Gasteiger partial charge in [-0.3, -0.25) is 14.6 Å². The van der Waals surface area contributed by atoms with Crippen LogP contribution >= 0.6 is 0 Å². The highest BCUT2D eigenvalue weighted by atomic mass is 19.4. The van der Waals surface area contributed by atoms with E-state index in [1.165, 1.54) is 17.7 Å². The topological polar surface area (TPSA) is 164 Å². The van der Waals surface area contributed by atoms with Gasteiger partial charge in [-0.2, -0.15) is 13.2 Å². The number of carbonyl (C=O) groups excluding carboxylic acids is 2. The monoisotopic (exact) mass is 699 g/mol. The lowest BCUT2D eigenvalue weighted by Crippen LogP contribution is -2.27. The first-order chi connectivity index (χ1) is 24.1. The molecule has 5 rings (SSSR count). The number of amides is 2. The summed E-state index contributed by atoms with van der Waals surface area (Å²) in [5.74, 6) is 0.405. The fourth-order valence-corrected chi connectivity index (χ4v) is 5.65. The number of guanidine groups is 1. The maximum Gasteiger partial charge on any atom is 0.416 e. The number of aliphatic imine (C=N–C) groups is 1. The third-order valence-electron chi connectivity index (χ3n) is 8.28. The lowest BCUT2D eigenvalue weighted by Gasteiger charge is -2.20. The third kappa shape index (κ3) is 9.04. The van der Waals surface area contributed by atoms with Gasteiger partial charge in [0.1, 0.15) is 23.4 Å². The van der Waals surface area contributed by atoms with Crippen LogP contribution in [-0.4, -0.2) is 33.9 Å². The predicted molar refractivity (Wildman–Crippen MR) is 191 cm³/mol. The minimum Gasteiger partial charge on any atom is -0.457 e. The van der Waals surface area contributed by atoms with E-state index in [0.29, 0.717) is 52.3 Å². The van der Waals surface area contributed by atoms with Crippen molar-refractivity contribution in [3.63, 3.8) is 0 Å². The Morgan fingerprint density at radius 3 is 2.27 bits per heavy atom. The van der Waals surface area contributed by atoms with Gasteiger partial charge in [-0.25, -0.2) is 4.98 Å². The first kappa shape index (κ1) is 36.4. The summed E-state index contributed by atoms with van der Waals surface area (Å²) in [7, 11) is 0. The number of aromatic nitrogens is 2. The molecule has 7 N–H and O–H groups in total. The van der Waals surface area contributed by atoms with Crippen molar-refractivity contribution in [3.8, 4) is 22.9 Å². The van der Waals surface area contributed by atoms with Crippen molar-refractivity contribution in [2.24, 2.45) is 22.2 Å². The molecule has 0 bridgehead atoms. The number of hydrogen-bond donors (Lipinski definition) is 4. The zero-order valence-electron chi connectivity index (χ0n) is 28.5. The van der Waals surface area contributed by atoms with Gasteiger partial charge in [0, 0.05) is 24.2 Å². The molecule has 0 aliphatic carbocycles. The Bertz CT molecular complexity index is 2060.